The van der Waals surface area contributed by atoms with E-state index in [-0.39, 0.29) is 13.0 Å². The minimum Gasteiger partial charge on any atom is -0.480 e. The number of benzene rings is 2. The van der Waals surface area contributed by atoms with Crippen LogP contribution in [-0.4, -0.2) is 22.0 Å². The summed E-state index contributed by atoms with van der Waals surface area (Å²) in [7, 11) is 0. The van der Waals surface area contributed by atoms with E-state index in [9.17, 15) is 23.1 Å². The number of hydrogen-bond donors (Lipinski definition) is 1. The number of hydrogen-bond acceptors (Lipinski definition) is 2. The van der Waals surface area contributed by atoms with Crippen LogP contribution in [-0.2, 0) is 30.5 Å². The number of fused-ring (bicyclic) bond motifs is 1. The molecule has 0 aliphatic carbocycles. The van der Waals surface area contributed by atoms with Crippen LogP contribution < -0.4 is 0 Å². The fourth-order valence-electron chi connectivity index (χ4n) is 3.04. The second kappa shape index (κ2) is 6.28. The van der Waals surface area contributed by atoms with E-state index in [0.717, 1.165) is 17.7 Å². The Bertz CT molecular complexity index is 744. The van der Waals surface area contributed by atoms with Crippen LogP contribution in [0.25, 0.3) is 0 Å². The maximum Gasteiger partial charge on any atom is 0.416 e. The molecular formula is C18H16F3NO2. The van der Waals surface area contributed by atoms with Crippen molar-refractivity contribution in [1.82, 2.24) is 4.90 Å². The highest BCUT2D eigenvalue weighted by atomic mass is 19.4. The zero-order valence-electron chi connectivity index (χ0n) is 12.8. The molecule has 1 aliphatic heterocycles. The van der Waals surface area contributed by atoms with Gasteiger partial charge in [-0.25, -0.2) is 0 Å². The van der Waals surface area contributed by atoms with E-state index in [1.54, 1.807) is 4.90 Å². The number of nitrogens with zero attached hydrogens (tertiary/aromatic N) is 1. The fraction of sp³-hybridized carbons (Fsp3) is 0.278. The summed E-state index contributed by atoms with van der Waals surface area (Å²) in [6.45, 7) is 0.568. The average molecular weight is 335 g/mol. The molecule has 0 amide bonds. The Morgan fingerprint density at radius 3 is 2.46 bits per heavy atom. The summed E-state index contributed by atoms with van der Waals surface area (Å²) in [6, 6.07) is 12.1. The molecule has 3 nitrogen and oxygen atoms in total. The van der Waals surface area contributed by atoms with Crippen LogP contribution in [0.2, 0.25) is 0 Å². The van der Waals surface area contributed by atoms with Crippen LogP contribution >= 0.6 is 0 Å². The van der Waals surface area contributed by atoms with E-state index in [1.165, 1.54) is 6.07 Å². The van der Waals surface area contributed by atoms with Crippen LogP contribution in [0.5, 0.6) is 0 Å². The maximum absolute atomic E-state index is 12.9. The predicted octanol–water partition coefficient (Wildman–Crippen LogP) is 3.72. The van der Waals surface area contributed by atoms with E-state index in [0.29, 0.717) is 17.7 Å². The quantitative estimate of drug-likeness (QED) is 0.929. The van der Waals surface area contributed by atoms with Crippen molar-refractivity contribution < 1.29 is 23.1 Å². The lowest BCUT2D eigenvalue weighted by Crippen LogP contribution is -2.45. The summed E-state index contributed by atoms with van der Waals surface area (Å²) in [5.74, 6) is -0.962. The molecule has 6 heteroatoms. The molecule has 0 saturated heterocycles. The van der Waals surface area contributed by atoms with Gasteiger partial charge in [0.1, 0.15) is 6.04 Å². The second-order valence-corrected chi connectivity index (χ2v) is 5.93. The molecule has 2 aromatic rings. The molecule has 126 valence electrons. The Morgan fingerprint density at radius 2 is 1.83 bits per heavy atom. The minimum absolute atomic E-state index is 0.186. The molecule has 0 aromatic heterocycles. The van der Waals surface area contributed by atoms with Crippen LogP contribution in [0, 0.1) is 0 Å². The summed E-state index contributed by atoms with van der Waals surface area (Å²) in [4.78, 5) is 13.3. The standard InChI is InChI=1S/C18H16F3NO2/c19-18(20,21)15-7-6-13-9-16(17(23)24)22(11-14(13)8-15)10-12-4-2-1-3-5-12/h1-8,16H,9-11H2,(H,23,24)/t16-/m1/s1. The van der Waals surface area contributed by atoms with Gasteiger partial charge in [0.25, 0.3) is 0 Å². The van der Waals surface area contributed by atoms with Gasteiger partial charge in [0, 0.05) is 13.1 Å². The third-order valence-corrected chi connectivity index (χ3v) is 4.27. The van der Waals surface area contributed by atoms with E-state index in [2.05, 4.69) is 0 Å². The Morgan fingerprint density at radius 1 is 1.12 bits per heavy atom. The lowest BCUT2D eigenvalue weighted by Gasteiger charge is -2.34. The van der Waals surface area contributed by atoms with Gasteiger partial charge >= 0.3 is 12.1 Å². The smallest absolute Gasteiger partial charge is 0.416 e. The fourth-order valence-corrected chi connectivity index (χ4v) is 3.04. The monoisotopic (exact) mass is 335 g/mol. The summed E-state index contributed by atoms with van der Waals surface area (Å²) >= 11 is 0. The molecule has 0 radical (unpaired) electrons. The molecule has 24 heavy (non-hydrogen) atoms. The highest BCUT2D eigenvalue weighted by Gasteiger charge is 2.35. The molecule has 0 saturated carbocycles. The molecule has 0 unspecified atom stereocenters. The first kappa shape index (κ1) is 16.5. The number of aliphatic carboxylic acids is 1. The first-order chi connectivity index (χ1) is 11.3. The van der Waals surface area contributed by atoms with Gasteiger partial charge in [0.2, 0.25) is 0 Å². The van der Waals surface area contributed by atoms with Gasteiger partial charge in [0.15, 0.2) is 0 Å². The van der Waals surface area contributed by atoms with Crippen LogP contribution in [0.4, 0.5) is 13.2 Å². The van der Waals surface area contributed by atoms with Crippen molar-refractivity contribution in [3.63, 3.8) is 0 Å². The van der Waals surface area contributed by atoms with Crippen molar-refractivity contribution >= 4 is 5.97 Å². The highest BCUT2D eigenvalue weighted by Crippen LogP contribution is 2.33. The van der Waals surface area contributed by atoms with Crippen molar-refractivity contribution in [3.8, 4) is 0 Å². The molecule has 1 aliphatic rings. The highest BCUT2D eigenvalue weighted by molar-refractivity contribution is 5.74. The van der Waals surface area contributed by atoms with Crippen molar-refractivity contribution in [2.24, 2.45) is 0 Å². The lowest BCUT2D eigenvalue weighted by atomic mass is 9.92. The number of alkyl halides is 3. The lowest BCUT2D eigenvalue weighted by molar-refractivity contribution is -0.144. The largest absolute Gasteiger partial charge is 0.480 e. The van der Waals surface area contributed by atoms with E-state index in [4.69, 9.17) is 0 Å². The second-order valence-electron chi connectivity index (χ2n) is 5.93. The van der Waals surface area contributed by atoms with Gasteiger partial charge in [-0.1, -0.05) is 36.4 Å². The average Bonchev–Trinajstić information content (AvgIpc) is 2.53. The van der Waals surface area contributed by atoms with Gasteiger partial charge in [-0.2, -0.15) is 13.2 Å². The molecule has 1 atom stereocenters. The zero-order chi connectivity index (χ0) is 17.3. The van der Waals surface area contributed by atoms with Gasteiger partial charge in [0.05, 0.1) is 5.56 Å². The first-order valence-corrected chi connectivity index (χ1v) is 7.54. The molecule has 0 spiro atoms. The first-order valence-electron chi connectivity index (χ1n) is 7.54. The van der Waals surface area contributed by atoms with Crippen molar-refractivity contribution in [1.29, 1.82) is 0 Å². The van der Waals surface area contributed by atoms with E-state index >= 15 is 0 Å². The summed E-state index contributed by atoms with van der Waals surface area (Å²) in [5.41, 5.74) is 1.44. The Kier molecular flexibility index (Phi) is 4.32. The van der Waals surface area contributed by atoms with E-state index < -0.39 is 23.8 Å². The molecule has 0 bridgehead atoms. The number of carboxylic acid groups (broad SMARTS) is 1. The SMILES string of the molecule is O=C(O)[C@H]1Cc2ccc(C(F)(F)F)cc2CN1Cc1ccccc1. The van der Waals surface area contributed by atoms with Crippen LogP contribution in [0.1, 0.15) is 22.3 Å². The molecule has 3 rings (SSSR count). The predicted molar refractivity (Wildman–Crippen MR) is 82.3 cm³/mol. The Hall–Kier alpha value is -2.34. The zero-order valence-corrected chi connectivity index (χ0v) is 12.8. The summed E-state index contributed by atoms with van der Waals surface area (Å²) in [5, 5.41) is 9.47. The van der Waals surface area contributed by atoms with Crippen LogP contribution in [0.3, 0.4) is 0 Å². The molecule has 1 N–H and O–H groups in total. The third kappa shape index (κ3) is 3.43. The number of carboxylic acids is 1. The van der Waals surface area contributed by atoms with Gasteiger partial charge in [-0.15, -0.1) is 0 Å². The third-order valence-electron chi connectivity index (χ3n) is 4.27. The van der Waals surface area contributed by atoms with Gasteiger partial charge in [-0.05, 0) is 35.2 Å². The van der Waals surface area contributed by atoms with Crippen molar-refractivity contribution in [2.75, 3.05) is 0 Å². The van der Waals surface area contributed by atoms with Crippen molar-refractivity contribution in [2.45, 2.75) is 31.7 Å². The molecule has 0 fully saturated rings. The van der Waals surface area contributed by atoms with Crippen molar-refractivity contribution in [3.05, 3.63) is 70.8 Å². The maximum atomic E-state index is 12.9. The number of rotatable bonds is 3. The summed E-state index contributed by atoms with van der Waals surface area (Å²) in [6.07, 6.45) is -4.20. The van der Waals surface area contributed by atoms with Crippen LogP contribution in [0.15, 0.2) is 48.5 Å². The van der Waals surface area contributed by atoms with E-state index in [1.807, 2.05) is 30.3 Å². The summed E-state index contributed by atoms with van der Waals surface area (Å²) < 4.78 is 38.7. The van der Waals surface area contributed by atoms with Gasteiger partial charge in [-0.3, -0.25) is 9.69 Å². The Labute approximate surface area is 137 Å². The number of halogens is 3. The normalized spacial score (nSPS) is 18.2. The molecule has 1 heterocycles. The molecule has 2 aromatic carbocycles. The minimum atomic E-state index is -4.40. The van der Waals surface area contributed by atoms with Gasteiger partial charge < -0.3 is 5.11 Å². The number of carbonyl (C=O) groups is 1. The topological polar surface area (TPSA) is 40.5 Å². The molecular weight excluding hydrogens is 319 g/mol. The Balaban J connectivity index is 1.91.